The van der Waals surface area contributed by atoms with Gasteiger partial charge in [-0.1, -0.05) is 12.1 Å². The molecule has 2 N–H and O–H groups in total. The number of halogens is 1. The maximum Gasteiger partial charge on any atom is 0.335 e. The number of hydrogen-bond acceptors (Lipinski definition) is 4. The molecule has 4 rings (SSSR count). The molecule has 0 spiro atoms. The Labute approximate surface area is 178 Å². The van der Waals surface area contributed by atoms with Crippen LogP contribution in [0.4, 0.5) is 4.39 Å². The number of carboxylic acids is 1. The second-order valence-corrected chi connectivity index (χ2v) is 7.61. The molecule has 1 aromatic heterocycles. The normalized spacial score (nSPS) is 17.4. The molecule has 0 aliphatic carbocycles. The van der Waals surface area contributed by atoms with Crippen molar-refractivity contribution in [1.82, 2.24) is 10.3 Å². The zero-order valence-corrected chi connectivity index (χ0v) is 17.1. The van der Waals surface area contributed by atoms with Crippen LogP contribution in [0.1, 0.15) is 49.5 Å². The van der Waals surface area contributed by atoms with Crippen LogP contribution in [-0.2, 0) is 5.54 Å². The fourth-order valence-corrected chi connectivity index (χ4v) is 3.90. The summed E-state index contributed by atoms with van der Waals surface area (Å²) in [5.74, 6) is -1.33. The molecule has 1 amide bonds. The third-order valence-electron chi connectivity index (χ3n) is 5.62. The number of pyridine rings is 1. The van der Waals surface area contributed by atoms with Crippen molar-refractivity contribution in [2.24, 2.45) is 0 Å². The summed E-state index contributed by atoms with van der Waals surface area (Å²) in [5, 5.41) is 12.3. The van der Waals surface area contributed by atoms with Crippen molar-refractivity contribution in [2.45, 2.75) is 25.8 Å². The molecule has 0 radical (unpaired) electrons. The summed E-state index contributed by atoms with van der Waals surface area (Å²) in [6, 6.07) is 12.8. The number of aromatic nitrogens is 1. The smallest absolute Gasteiger partial charge is 0.335 e. The first-order valence-electron chi connectivity index (χ1n) is 9.83. The molecule has 31 heavy (non-hydrogen) atoms. The number of rotatable bonds is 4. The van der Waals surface area contributed by atoms with Crippen LogP contribution >= 0.6 is 0 Å². The van der Waals surface area contributed by atoms with Crippen molar-refractivity contribution in [3.8, 4) is 5.75 Å². The molecule has 6 nitrogen and oxygen atoms in total. The Bertz CT molecular complexity index is 1190. The average Bonchev–Trinajstić information content (AvgIpc) is 2.75. The molecule has 0 bridgehead atoms. The van der Waals surface area contributed by atoms with Gasteiger partial charge in [-0.2, -0.15) is 0 Å². The van der Waals surface area contributed by atoms with E-state index in [2.05, 4.69) is 10.3 Å². The van der Waals surface area contributed by atoms with Crippen molar-refractivity contribution >= 4 is 11.9 Å². The number of aryl methyl sites for hydroxylation is 2. The van der Waals surface area contributed by atoms with Crippen LogP contribution < -0.4 is 10.1 Å². The Hall–Kier alpha value is -3.74. The molecule has 0 unspecified atom stereocenters. The first-order chi connectivity index (χ1) is 14.8. The number of amides is 1. The Morgan fingerprint density at radius 3 is 2.65 bits per heavy atom. The first-order valence-corrected chi connectivity index (χ1v) is 9.83. The van der Waals surface area contributed by atoms with Gasteiger partial charge in [0.15, 0.2) is 0 Å². The Balaban J connectivity index is 1.82. The molecule has 1 atom stereocenters. The van der Waals surface area contributed by atoms with Gasteiger partial charge in [-0.3, -0.25) is 9.78 Å². The summed E-state index contributed by atoms with van der Waals surface area (Å²) in [4.78, 5) is 29.0. The number of ether oxygens (including phenoxy) is 1. The van der Waals surface area contributed by atoms with Crippen LogP contribution in [0.5, 0.6) is 5.75 Å². The molecule has 3 aromatic rings. The van der Waals surface area contributed by atoms with Gasteiger partial charge >= 0.3 is 5.97 Å². The highest BCUT2D eigenvalue weighted by molar-refractivity contribution is 5.97. The van der Waals surface area contributed by atoms with Gasteiger partial charge in [-0.25, -0.2) is 9.18 Å². The summed E-state index contributed by atoms with van der Waals surface area (Å²) in [6.07, 6.45) is 1.96. The molecule has 158 valence electrons. The van der Waals surface area contributed by atoms with Gasteiger partial charge in [-0.15, -0.1) is 0 Å². The number of carbonyl (C=O) groups is 2. The Morgan fingerprint density at radius 2 is 1.94 bits per heavy atom. The van der Waals surface area contributed by atoms with Crippen LogP contribution in [0.3, 0.4) is 0 Å². The first kappa shape index (κ1) is 20.5. The molecule has 0 saturated heterocycles. The maximum atomic E-state index is 14.5. The Kier molecular flexibility index (Phi) is 5.19. The summed E-state index contributed by atoms with van der Waals surface area (Å²) < 4.78 is 20.2. The van der Waals surface area contributed by atoms with Crippen molar-refractivity contribution < 1.29 is 23.8 Å². The van der Waals surface area contributed by atoms with E-state index in [0.717, 1.165) is 0 Å². The highest BCUT2D eigenvalue weighted by atomic mass is 19.1. The minimum atomic E-state index is -1.10. The molecule has 2 heterocycles. The number of hydrogen-bond donors (Lipinski definition) is 2. The molecule has 0 saturated carbocycles. The van der Waals surface area contributed by atoms with E-state index in [4.69, 9.17) is 4.74 Å². The second-order valence-electron chi connectivity index (χ2n) is 7.61. The molecular weight excluding hydrogens is 399 g/mol. The fraction of sp³-hybridized carbons (Fsp3) is 0.208. The lowest BCUT2D eigenvalue weighted by atomic mass is 9.80. The predicted octanol–water partition coefficient (Wildman–Crippen LogP) is 3.99. The largest absolute Gasteiger partial charge is 0.491 e. The van der Waals surface area contributed by atoms with E-state index < -0.39 is 17.4 Å². The lowest BCUT2D eigenvalue weighted by molar-refractivity contribution is 0.0695. The summed E-state index contributed by atoms with van der Waals surface area (Å²) in [7, 11) is 0. The molecule has 0 fully saturated rings. The minimum Gasteiger partial charge on any atom is -0.491 e. The van der Waals surface area contributed by atoms with Crippen LogP contribution in [-0.4, -0.2) is 28.6 Å². The van der Waals surface area contributed by atoms with E-state index in [-0.39, 0.29) is 11.4 Å². The molecular formula is C24H21FN2O4. The molecule has 1 aliphatic rings. The van der Waals surface area contributed by atoms with Crippen LogP contribution in [0.25, 0.3) is 0 Å². The Morgan fingerprint density at radius 1 is 1.13 bits per heavy atom. The van der Waals surface area contributed by atoms with E-state index in [1.54, 1.807) is 44.3 Å². The fourth-order valence-electron chi connectivity index (χ4n) is 3.90. The highest BCUT2D eigenvalue weighted by Gasteiger charge is 2.42. The van der Waals surface area contributed by atoms with Gasteiger partial charge in [0.25, 0.3) is 5.91 Å². The van der Waals surface area contributed by atoms with E-state index >= 15 is 0 Å². The second kappa shape index (κ2) is 7.83. The predicted molar refractivity (Wildman–Crippen MR) is 112 cm³/mol. The summed E-state index contributed by atoms with van der Waals surface area (Å²) in [5.41, 5.74) is 1.37. The van der Waals surface area contributed by atoms with Gasteiger partial charge in [-0.05, 0) is 66.9 Å². The van der Waals surface area contributed by atoms with Crippen LogP contribution in [0.15, 0.2) is 54.7 Å². The number of carboxylic acid groups (broad SMARTS) is 1. The van der Waals surface area contributed by atoms with E-state index in [1.165, 1.54) is 24.3 Å². The highest BCUT2D eigenvalue weighted by Crippen LogP contribution is 2.41. The van der Waals surface area contributed by atoms with Gasteiger partial charge in [0.1, 0.15) is 22.8 Å². The third kappa shape index (κ3) is 3.63. The zero-order valence-electron chi connectivity index (χ0n) is 17.1. The number of nitrogens with zero attached hydrogens (tertiary/aromatic N) is 1. The van der Waals surface area contributed by atoms with Gasteiger partial charge in [0, 0.05) is 18.2 Å². The third-order valence-corrected chi connectivity index (χ3v) is 5.62. The number of carbonyl (C=O) groups excluding carboxylic acids is 1. The van der Waals surface area contributed by atoms with Crippen LogP contribution in [0, 0.1) is 19.7 Å². The van der Waals surface area contributed by atoms with Crippen molar-refractivity contribution in [3.05, 3.63) is 94.1 Å². The van der Waals surface area contributed by atoms with E-state index in [9.17, 15) is 19.1 Å². The van der Waals surface area contributed by atoms with Gasteiger partial charge < -0.3 is 15.2 Å². The zero-order chi connectivity index (χ0) is 22.2. The number of benzene rings is 2. The molecule has 7 heteroatoms. The number of aromatic carboxylic acids is 1. The van der Waals surface area contributed by atoms with Crippen molar-refractivity contribution in [2.75, 3.05) is 6.61 Å². The SMILES string of the molecule is Cc1ccc([C@@]2(NC(=O)c3ccc(C(=O)O)c(C)c3)CCOc3cccnc32)cc1F. The molecule has 2 aromatic carbocycles. The lowest BCUT2D eigenvalue weighted by Gasteiger charge is -2.39. The topological polar surface area (TPSA) is 88.5 Å². The van der Waals surface area contributed by atoms with Gasteiger partial charge in [0.2, 0.25) is 0 Å². The monoisotopic (exact) mass is 420 g/mol. The lowest BCUT2D eigenvalue weighted by Crippen LogP contribution is -2.50. The minimum absolute atomic E-state index is 0.130. The van der Waals surface area contributed by atoms with Crippen molar-refractivity contribution in [3.63, 3.8) is 0 Å². The van der Waals surface area contributed by atoms with E-state index in [0.29, 0.717) is 46.7 Å². The quantitative estimate of drug-likeness (QED) is 0.666. The number of fused-ring (bicyclic) bond motifs is 1. The average molecular weight is 420 g/mol. The van der Waals surface area contributed by atoms with Gasteiger partial charge in [0.05, 0.1) is 12.2 Å². The standard InChI is InChI=1S/C24H21FN2O4/c1-14-5-7-17(13-19(14)25)24(9-11-31-20-4-3-10-26-21(20)24)27-22(28)16-6-8-18(23(29)30)15(2)12-16/h3-8,10,12-13H,9,11H2,1-2H3,(H,27,28)(H,29,30)/t24-/m0/s1. The molecule has 1 aliphatic heterocycles. The van der Waals surface area contributed by atoms with Crippen LogP contribution in [0.2, 0.25) is 0 Å². The summed E-state index contributed by atoms with van der Waals surface area (Å²) >= 11 is 0. The number of nitrogens with one attached hydrogen (secondary N) is 1. The maximum absolute atomic E-state index is 14.5. The van der Waals surface area contributed by atoms with Crippen molar-refractivity contribution in [1.29, 1.82) is 0 Å². The van der Waals surface area contributed by atoms with E-state index in [1.807, 2.05) is 0 Å². The summed E-state index contributed by atoms with van der Waals surface area (Å²) in [6.45, 7) is 3.62.